The van der Waals surface area contributed by atoms with E-state index in [2.05, 4.69) is 0 Å². The quantitative estimate of drug-likeness (QED) is 0.699. The Morgan fingerprint density at radius 2 is 1.13 bits per heavy atom. The highest BCUT2D eigenvalue weighted by Gasteiger charge is 2.10. The lowest BCUT2D eigenvalue weighted by molar-refractivity contribution is -0.133. The van der Waals surface area contributed by atoms with E-state index in [1.807, 2.05) is 51.8 Å². The fraction of sp³-hybridized carbons (Fsp3) is 0.647. The normalized spacial score (nSPS) is 12.3. The van der Waals surface area contributed by atoms with E-state index >= 15 is 0 Å². The summed E-state index contributed by atoms with van der Waals surface area (Å²) in [6.45, 7) is 7.26. The summed E-state index contributed by atoms with van der Waals surface area (Å²) in [5.74, 6) is -1.66. The molecule has 0 bridgehead atoms. The van der Waals surface area contributed by atoms with Gasteiger partial charge in [-0.3, -0.25) is 0 Å². The van der Waals surface area contributed by atoms with Gasteiger partial charge in [0, 0.05) is 39.6 Å². The highest BCUT2D eigenvalue weighted by atomic mass is 16.4. The summed E-state index contributed by atoms with van der Waals surface area (Å²) in [6, 6.07) is 0. The first-order chi connectivity index (χ1) is 10.5. The van der Waals surface area contributed by atoms with E-state index in [4.69, 9.17) is 10.2 Å². The van der Waals surface area contributed by atoms with Gasteiger partial charge in [-0.1, -0.05) is 20.3 Å². The maximum atomic E-state index is 10.6. The molecule has 0 spiro atoms. The number of carboxylic acid groups (broad SMARTS) is 2. The van der Waals surface area contributed by atoms with Crippen LogP contribution in [0.2, 0.25) is 0 Å². The maximum Gasteiger partial charge on any atom is 0.333 e. The molecule has 0 aliphatic carbocycles. The van der Waals surface area contributed by atoms with Gasteiger partial charge in [-0.25, -0.2) is 9.59 Å². The van der Waals surface area contributed by atoms with Gasteiger partial charge in [-0.2, -0.15) is 0 Å². The van der Waals surface area contributed by atoms with Gasteiger partial charge in [0.05, 0.1) is 11.1 Å². The molecule has 2 N–H and O–H groups in total. The van der Waals surface area contributed by atoms with Crippen LogP contribution < -0.4 is 0 Å². The number of hydrogen-bond donors (Lipinski definition) is 2. The van der Waals surface area contributed by atoms with Crippen LogP contribution in [0.1, 0.15) is 47.0 Å². The van der Waals surface area contributed by atoms with Gasteiger partial charge in [0.2, 0.25) is 0 Å². The molecule has 0 amide bonds. The van der Waals surface area contributed by atoms with E-state index < -0.39 is 11.9 Å². The topological polar surface area (TPSA) is 81.1 Å². The van der Waals surface area contributed by atoms with Gasteiger partial charge < -0.3 is 20.0 Å². The van der Waals surface area contributed by atoms with Crippen molar-refractivity contribution in [2.24, 2.45) is 0 Å². The van der Waals surface area contributed by atoms with Gasteiger partial charge in [-0.05, 0) is 26.7 Å². The second-order valence-corrected chi connectivity index (χ2v) is 5.65. The van der Waals surface area contributed by atoms with Gasteiger partial charge in [0.25, 0.3) is 0 Å². The minimum atomic E-state index is -0.837. The highest BCUT2D eigenvalue weighted by molar-refractivity contribution is 5.87. The van der Waals surface area contributed by atoms with Crippen LogP contribution in [0.15, 0.2) is 22.5 Å². The molecular formula is C17H32N2O4. The fourth-order valence-electron chi connectivity index (χ4n) is 2.15. The molecule has 0 saturated carbocycles. The SMILES string of the molecule is CC/C(=C(/C)C(=O)O)N(C)C.CCC/C(=C(/C)C(=O)O)N(C)C. The molecule has 23 heavy (non-hydrogen) atoms. The third-order valence-electron chi connectivity index (χ3n) is 3.41. The number of nitrogens with zero attached hydrogens (tertiary/aromatic N) is 2. The molecule has 0 aromatic carbocycles. The molecular weight excluding hydrogens is 296 g/mol. The third-order valence-corrected chi connectivity index (χ3v) is 3.41. The zero-order valence-corrected chi connectivity index (χ0v) is 15.7. The zero-order chi connectivity index (χ0) is 18.7. The van der Waals surface area contributed by atoms with E-state index in [0.717, 1.165) is 30.7 Å². The van der Waals surface area contributed by atoms with Crippen molar-refractivity contribution in [1.29, 1.82) is 0 Å². The predicted octanol–water partition coefficient (Wildman–Crippen LogP) is 3.02. The minimum Gasteiger partial charge on any atom is -0.478 e. The van der Waals surface area contributed by atoms with Crippen LogP contribution in [-0.4, -0.2) is 60.1 Å². The second kappa shape index (κ2) is 11.6. The Kier molecular flexibility index (Phi) is 11.7. The monoisotopic (exact) mass is 328 g/mol. The Bertz CT molecular complexity index is 463. The molecule has 0 atom stereocenters. The van der Waals surface area contributed by atoms with Crippen molar-refractivity contribution >= 4 is 11.9 Å². The van der Waals surface area contributed by atoms with Gasteiger partial charge in [0.15, 0.2) is 0 Å². The van der Waals surface area contributed by atoms with E-state index in [-0.39, 0.29) is 0 Å². The van der Waals surface area contributed by atoms with Gasteiger partial charge >= 0.3 is 11.9 Å². The van der Waals surface area contributed by atoms with Crippen molar-refractivity contribution in [2.45, 2.75) is 47.0 Å². The first-order valence-corrected chi connectivity index (χ1v) is 7.71. The van der Waals surface area contributed by atoms with Crippen LogP contribution in [-0.2, 0) is 9.59 Å². The van der Waals surface area contributed by atoms with Crippen molar-refractivity contribution < 1.29 is 19.8 Å². The predicted molar refractivity (Wildman–Crippen MR) is 93.2 cm³/mol. The first-order valence-electron chi connectivity index (χ1n) is 7.71. The van der Waals surface area contributed by atoms with E-state index in [9.17, 15) is 9.59 Å². The van der Waals surface area contributed by atoms with Crippen molar-refractivity contribution in [3.05, 3.63) is 22.5 Å². The summed E-state index contributed by atoms with van der Waals surface area (Å²) in [5, 5.41) is 17.4. The van der Waals surface area contributed by atoms with Crippen molar-refractivity contribution in [1.82, 2.24) is 9.80 Å². The molecule has 0 rings (SSSR count). The molecule has 0 aromatic rings. The fourth-order valence-corrected chi connectivity index (χ4v) is 2.15. The number of hydrogen-bond acceptors (Lipinski definition) is 4. The Morgan fingerprint density at radius 1 is 0.783 bits per heavy atom. The molecule has 6 heteroatoms. The van der Waals surface area contributed by atoms with Crippen LogP contribution in [0, 0.1) is 0 Å². The molecule has 0 aliphatic heterocycles. The Balaban J connectivity index is 0. The standard InChI is InChI=1S/C9H17NO2.C8H15NO2/c1-5-6-8(10(3)4)7(2)9(11)12;1-5-7(9(3)4)6(2)8(10)11/h5-6H2,1-4H3,(H,11,12);5H2,1-4H3,(H,10,11)/b8-7+;7-6+. The summed E-state index contributed by atoms with van der Waals surface area (Å²) in [5.41, 5.74) is 2.65. The largest absolute Gasteiger partial charge is 0.478 e. The second-order valence-electron chi connectivity index (χ2n) is 5.65. The third kappa shape index (κ3) is 8.90. The van der Waals surface area contributed by atoms with Gasteiger partial charge in [-0.15, -0.1) is 0 Å². The lowest BCUT2D eigenvalue weighted by atomic mass is 10.1. The van der Waals surface area contributed by atoms with Crippen molar-refractivity contribution in [3.63, 3.8) is 0 Å². The number of carbonyl (C=O) groups is 2. The Labute approximate surface area is 140 Å². The molecule has 0 saturated heterocycles. The number of carboxylic acids is 2. The van der Waals surface area contributed by atoms with Crippen LogP contribution in [0.3, 0.4) is 0 Å². The number of rotatable bonds is 7. The smallest absolute Gasteiger partial charge is 0.333 e. The lowest BCUT2D eigenvalue weighted by Gasteiger charge is -2.18. The minimum absolute atomic E-state index is 0.428. The van der Waals surface area contributed by atoms with E-state index in [1.54, 1.807) is 13.8 Å². The summed E-state index contributed by atoms with van der Waals surface area (Å²) in [7, 11) is 7.45. The summed E-state index contributed by atoms with van der Waals surface area (Å²) < 4.78 is 0. The average molecular weight is 328 g/mol. The van der Waals surface area contributed by atoms with E-state index in [0.29, 0.717) is 11.1 Å². The van der Waals surface area contributed by atoms with Crippen LogP contribution in [0.5, 0.6) is 0 Å². The molecule has 6 nitrogen and oxygen atoms in total. The molecule has 0 aromatic heterocycles. The number of allylic oxidation sites excluding steroid dienone is 2. The summed E-state index contributed by atoms with van der Waals surface area (Å²) >= 11 is 0. The first kappa shape index (κ1) is 23.3. The molecule has 0 heterocycles. The number of aliphatic carboxylic acids is 2. The average Bonchev–Trinajstić information content (AvgIpc) is 2.44. The molecule has 0 radical (unpaired) electrons. The van der Waals surface area contributed by atoms with E-state index in [1.165, 1.54) is 0 Å². The Hall–Kier alpha value is -1.98. The zero-order valence-electron chi connectivity index (χ0n) is 15.7. The molecule has 0 unspecified atom stereocenters. The molecule has 0 aliphatic rings. The lowest BCUT2D eigenvalue weighted by Crippen LogP contribution is -2.16. The highest BCUT2D eigenvalue weighted by Crippen LogP contribution is 2.13. The van der Waals surface area contributed by atoms with Crippen LogP contribution in [0.25, 0.3) is 0 Å². The Morgan fingerprint density at radius 3 is 1.30 bits per heavy atom. The van der Waals surface area contributed by atoms with Crippen molar-refractivity contribution in [3.8, 4) is 0 Å². The van der Waals surface area contributed by atoms with Crippen molar-refractivity contribution in [2.75, 3.05) is 28.2 Å². The van der Waals surface area contributed by atoms with Crippen LogP contribution >= 0.6 is 0 Å². The maximum absolute atomic E-state index is 10.6. The summed E-state index contributed by atoms with van der Waals surface area (Å²) in [6.07, 6.45) is 2.55. The summed E-state index contributed by atoms with van der Waals surface area (Å²) in [4.78, 5) is 24.9. The molecule has 0 fully saturated rings. The van der Waals surface area contributed by atoms with Gasteiger partial charge in [0.1, 0.15) is 0 Å². The van der Waals surface area contributed by atoms with Crippen LogP contribution in [0.4, 0.5) is 0 Å². The molecule has 134 valence electrons.